The highest BCUT2D eigenvalue weighted by Gasteiger charge is 2.08. The Morgan fingerprint density at radius 3 is 2.90 bits per heavy atom. The molecule has 0 radical (unpaired) electrons. The van der Waals surface area contributed by atoms with Crippen molar-refractivity contribution in [3.8, 4) is 0 Å². The summed E-state index contributed by atoms with van der Waals surface area (Å²) in [6.07, 6.45) is 0. The summed E-state index contributed by atoms with van der Waals surface area (Å²) in [7, 11) is 0. The van der Waals surface area contributed by atoms with E-state index in [0.717, 1.165) is 0 Å². The zero-order valence-corrected chi connectivity index (χ0v) is 11.9. The lowest BCUT2D eigenvalue weighted by atomic mass is 10.1. The van der Waals surface area contributed by atoms with Crippen LogP contribution in [0.15, 0.2) is 39.4 Å². The summed E-state index contributed by atoms with van der Waals surface area (Å²) in [4.78, 5) is 18.0. The molecule has 0 spiro atoms. The molecule has 110 valence electrons. The van der Waals surface area contributed by atoms with Gasteiger partial charge in [-0.05, 0) is 18.6 Å². The molecule has 0 aliphatic carbocycles. The van der Waals surface area contributed by atoms with Crippen LogP contribution in [0.25, 0.3) is 0 Å². The van der Waals surface area contributed by atoms with Gasteiger partial charge in [-0.1, -0.05) is 29.1 Å². The van der Waals surface area contributed by atoms with Crippen LogP contribution in [-0.4, -0.2) is 21.0 Å². The highest BCUT2D eigenvalue weighted by atomic mass is 32.2. The number of amidine groups is 1. The standard InChI is InChI=1S/C13H13FN4O2S/c1-7-4-11(19)17-13(16-7)21-6-9-3-2-8(5-10(9)14)12(15)18-20/h2-5,20H,6H2,1H3,(H2,15,18)(H,16,17,19). The molecule has 0 bridgehead atoms. The Morgan fingerprint density at radius 2 is 2.29 bits per heavy atom. The van der Waals surface area contributed by atoms with Gasteiger partial charge in [0.2, 0.25) is 0 Å². The molecule has 8 heteroatoms. The van der Waals surface area contributed by atoms with Crippen LogP contribution in [0.2, 0.25) is 0 Å². The number of halogens is 1. The molecule has 0 aliphatic heterocycles. The van der Waals surface area contributed by atoms with E-state index in [1.807, 2.05) is 0 Å². The first-order valence-corrected chi connectivity index (χ1v) is 6.95. The molecule has 0 saturated heterocycles. The van der Waals surface area contributed by atoms with E-state index in [9.17, 15) is 9.18 Å². The molecular formula is C13H13FN4O2S. The minimum Gasteiger partial charge on any atom is -0.409 e. The van der Waals surface area contributed by atoms with Crippen molar-refractivity contribution in [2.45, 2.75) is 17.8 Å². The zero-order chi connectivity index (χ0) is 15.4. The van der Waals surface area contributed by atoms with Gasteiger partial charge < -0.3 is 15.9 Å². The number of nitrogens with one attached hydrogen (secondary N) is 1. The van der Waals surface area contributed by atoms with Crippen LogP contribution in [0.5, 0.6) is 0 Å². The van der Waals surface area contributed by atoms with Crippen molar-refractivity contribution in [3.63, 3.8) is 0 Å². The molecule has 2 rings (SSSR count). The molecule has 21 heavy (non-hydrogen) atoms. The Balaban J connectivity index is 2.15. The number of oxime groups is 1. The average molecular weight is 308 g/mol. The van der Waals surface area contributed by atoms with Gasteiger partial charge in [0.25, 0.3) is 5.56 Å². The number of aryl methyl sites for hydroxylation is 1. The van der Waals surface area contributed by atoms with E-state index in [2.05, 4.69) is 15.1 Å². The maximum absolute atomic E-state index is 13.9. The number of nitrogens with zero attached hydrogens (tertiary/aromatic N) is 2. The number of hydrogen-bond donors (Lipinski definition) is 3. The highest BCUT2D eigenvalue weighted by Crippen LogP contribution is 2.21. The van der Waals surface area contributed by atoms with Crippen molar-refractivity contribution in [2.75, 3.05) is 0 Å². The lowest BCUT2D eigenvalue weighted by molar-refractivity contribution is 0.318. The molecular weight excluding hydrogens is 295 g/mol. The summed E-state index contributed by atoms with van der Waals surface area (Å²) in [5.41, 5.74) is 6.47. The van der Waals surface area contributed by atoms with Crippen molar-refractivity contribution < 1.29 is 9.60 Å². The Labute approximate surface area is 123 Å². The Kier molecular flexibility index (Phi) is 4.59. The molecule has 0 amide bonds. The van der Waals surface area contributed by atoms with Gasteiger partial charge in [0.15, 0.2) is 11.0 Å². The zero-order valence-electron chi connectivity index (χ0n) is 11.1. The molecule has 0 fully saturated rings. The van der Waals surface area contributed by atoms with Crippen molar-refractivity contribution in [2.24, 2.45) is 10.9 Å². The fourth-order valence-electron chi connectivity index (χ4n) is 1.65. The third kappa shape index (κ3) is 3.82. The second-order valence-corrected chi connectivity index (χ2v) is 5.24. The number of aromatic amines is 1. The van der Waals surface area contributed by atoms with E-state index in [-0.39, 0.29) is 11.4 Å². The van der Waals surface area contributed by atoms with Crippen molar-refractivity contribution in [1.29, 1.82) is 0 Å². The number of thioether (sulfide) groups is 1. The minimum absolute atomic E-state index is 0.155. The lowest BCUT2D eigenvalue weighted by Crippen LogP contribution is -2.13. The van der Waals surface area contributed by atoms with Gasteiger partial charge >= 0.3 is 0 Å². The first-order chi connectivity index (χ1) is 9.99. The molecule has 0 atom stereocenters. The summed E-state index contributed by atoms with van der Waals surface area (Å²) in [5.74, 6) is -0.325. The van der Waals surface area contributed by atoms with E-state index in [1.165, 1.54) is 23.9 Å². The van der Waals surface area contributed by atoms with Gasteiger partial charge in [-0.25, -0.2) is 9.37 Å². The van der Waals surface area contributed by atoms with E-state index < -0.39 is 5.82 Å². The number of H-pyrrole nitrogens is 1. The van der Waals surface area contributed by atoms with Gasteiger partial charge in [-0.2, -0.15) is 0 Å². The Hall–Kier alpha value is -2.35. The molecule has 4 N–H and O–H groups in total. The Bertz CT molecular complexity index is 745. The summed E-state index contributed by atoms with van der Waals surface area (Å²) in [6, 6.07) is 5.68. The van der Waals surface area contributed by atoms with Crippen LogP contribution in [0, 0.1) is 12.7 Å². The number of nitrogens with two attached hydrogens (primary N) is 1. The smallest absolute Gasteiger partial charge is 0.251 e. The van der Waals surface area contributed by atoms with Crippen molar-refractivity contribution in [3.05, 3.63) is 57.3 Å². The van der Waals surface area contributed by atoms with Crippen LogP contribution in [0.1, 0.15) is 16.8 Å². The SMILES string of the molecule is Cc1cc(=O)[nH]c(SCc2ccc(/C(N)=N/O)cc2F)n1. The van der Waals surface area contributed by atoms with Crippen LogP contribution >= 0.6 is 11.8 Å². The topological polar surface area (TPSA) is 104 Å². The maximum Gasteiger partial charge on any atom is 0.251 e. The highest BCUT2D eigenvalue weighted by molar-refractivity contribution is 7.98. The van der Waals surface area contributed by atoms with Gasteiger partial charge in [0, 0.05) is 23.1 Å². The summed E-state index contributed by atoms with van der Waals surface area (Å²) < 4.78 is 13.9. The van der Waals surface area contributed by atoms with Gasteiger partial charge in [0.1, 0.15) is 5.82 Å². The molecule has 0 saturated carbocycles. The predicted molar refractivity (Wildman–Crippen MR) is 78.1 cm³/mol. The largest absolute Gasteiger partial charge is 0.409 e. The first-order valence-electron chi connectivity index (χ1n) is 5.96. The van der Waals surface area contributed by atoms with Crippen molar-refractivity contribution in [1.82, 2.24) is 9.97 Å². The molecule has 0 unspecified atom stereocenters. The molecule has 1 aromatic heterocycles. The van der Waals surface area contributed by atoms with Crippen LogP contribution in [-0.2, 0) is 5.75 Å². The number of rotatable bonds is 4. The van der Waals surface area contributed by atoms with Gasteiger partial charge in [0.05, 0.1) is 0 Å². The summed E-state index contributed by atoms with van der Waals surface area (Å²) >= 11 is 1.22. The third-order valence-electron chi connectivity index (χ3n) is 2.67. The quantitative estimate of drug-likeness (QED) is 0.199. The van der Waals surface area contributed by atoms with Crippen LogP contribution in [0.3, 0.4) is 0 Å². The van der Waals surface area contributed by atoms with Crippen LogP contribution < -0.4 is 11.3 Å². The van der Waals surface area contributed by atoms with E-state index >= 15 is 0 Å². The van der Waals surface area contributed by atoms with Crippen LogP contribution in [0.4, 0.5) is 4.39 Å². The molecule has 1 heterocycles. The fraction of sp³-hybridized carbons (Fsp3) is 0.154. The van der Waals surface area contributed by atoms with E-state index in [4.69, 9.17) is 10.9 Å². The minimum atomic E-state index is -0.471. The molecule has 0 aliphatic rings. The number of benzene rings is 1. The molecule has 1 aromatic carbocycles. The molecule has 2 aromatic rings. The Morgan fingerprint density at radius 1 is 1.52 bits per heavy atom. The maximum atomic E-state index is 13.9. The summed E-state index contributed by atoms with van der Waals surface area (Å²) in [6.45, 7) is 1.71. The third-order valence-corrected chi connectivity index (χ3v) is 3.59. The number of aromatic nitrogens is 2. The van der Waals surface area contributed by atoms with Gasteiger partial charge in [-0.3, -0.25) is 4.79 Å². The normalized spacial score (nSPS) is 11.6. The number of hydrogen-bond acceptors (Lipinski definition) is 5. The first kappa shape index (κ1) is 15.0. The monoisotopic (exact) mass is 308 g/mol. The lowest BCUT2D eigenvalue weighted by Gasteiger charge is -2.05. The summed E-state index contributed by atoms with van der Waals surface area (Å²) in [5, 5.41) is 11.8. The van der Waals surface area contributed by atoms with Gasteiger partial charge in [-0.15, -0.1) is 0 Å². The average Bonchev–Trinajstić information content (AvgIpc) is 2.44. The second-order valence-electron chi connectivity index (χ2n) is 4.27. The van der Waals surface area contributed by atoms with E-state index in [1.54, 1.807) is 19.1 Å². The fourth-order valence-corrected chi connectivity index (χ4v) is 2.56. The predicted octanol–water partition coefficient (Wildman–Crippen LogP) is 1.60. The van der Waals surface area contributed by atoms with Crippen molar-refractivity contribution >= 4 is 17.6 Å². The molecule has 6 nitrogen and oxygen atoms in total. The second kappa shape index (κ2) is 6.40. The van der Waals surface area contributed by atoms with E-state index in [0.29, 0.717) is 27.7 Å².